The number of amides is 1. The van der Waals surface area contributed by atoms with Crippen molar-refractivity contribution >= 4 is 29.1 Å². The van der Waals surface area contributed by atoms with Gasteiger partial charge in [-0.1, -0.05) is 30.1 Å². The Labute approximate surface area is 122 Å². The Morgan fingerprint density at radius 1 is 1.42 bits per heavy atom. The van der Waals surface area contributed by atoms with Crippen molar-refractivity contribution in [2.45, 2.75) is 13.3 Å². The van der Waals surface area contributed by atoms with Gasteiger partial charge in [-0.3, -0.25) is 4.79 Å². The molecule has 1 aromatic carbocycles. The quantitative estimate of drug-likeness (QED) is 0.814. The van der Waals surface area contributed by atoms with Crippen LogP contribution in [-0.4, -0.2) is 30.8 Å². The third kappa shape index (κ3) is 6.14. The molecule has 0 heterocycles. The van der Waals surface area contributed by atoms with E-state index in [1.54, 1.807) is 18.2 Å². The van der Waals surface area contributed by atoms with Crippen LogP contribution in [0.2, 0.25) is 10.0 Å². The van der Waals surface area contributed by atoms with E-state index in [0.29, 0.717) is 28.8 Å². The summed E-state index contributed by atoms with van der Waals surface area (Å²) < 4.78 is 5.29. The van der Waals surface area contributed by atoms with Crippen LogP contribution in [0, 0.1) is 5.92 Å². The summed E-state index contributed by atoms with van der Waals surface area (Å²) in [6.45, 7) is 2.51. The molecule has 1 unspecified atom stereocenters. The summed E-state index contributed by atoms with van der Waals surface area (Å²) in [5, 5.41) is 12.3. The topological polar surface area (TPSA) is 58.6 Å². The average Bonchev–Trinajstić information content (AvgIpc) is 2.38. The Morgan fingerprint density at radius 3 is 2.79 bits per heavy atom. The predicted molar refractivity (Wildman–Crippen MR) is 75.8 cm³/mol. The summed E-state index contributed by atoms with van der Waals surface area (Å²) >= 11 is 11.6. The number of aliphatic hydroxyl groups is 1. The molecule has 0 aliphatic carbocycles. The van der Waals surface area contributed by atoms with Gasteiger partial charge >= 0.3 is 0 Å². The fourth-order valence-corrected chi connectivity index (χ4v) is 1.67. The molecule has 0 bridgehead atoms. The molecule has 0 radical (unpaired) electrons. The van der Waals surface area contributed by atoms with Crippen molar-refractivity contribution in [1.29, 1.82) is 0 Å². The van der Waals surface area contributed by atoms with Crippen LogP contribution in [0.3, 0.4) is 0 Å². The van der Waals surface area contributed by atoms with E-state index in [1.165, 1.54) is 0 Å². The Bertz CT molecular complexity index is 426. The van der Waals surface area contributed by atoms with Crippen molar-refractivity contribution in [2.75, 3.05) is 19.8 Å². The lowest BCUT2D eigenvalue weighted by molar-refractivity contribution is -0.123. The van der Waals surface area contributed by atoms with Gasteiger partial charge in [0.25, 0.3) is 5.91 Å². The van der Waals surface area contributed by atoms with Gasteiger partial charge in [-0.2, -0.15) is 0 Å². The molecule has 0 saturated heterocycles. The first kappa shape index (κ1) is 16.1. The van der Waals surface area contributed by atoms with Crippen LogP contribution in [0.4, 0.5) is 0 Å². The summed E-state index contributed by atoms with van der Waals surface area (Å²) in [5.41, 5.74) is 0. The van der Waals surface area contributed by atoms with Crippen LogP contribution in [0.5, 0.6) is 5.75 Å². The average molecular weight is 306 g/mol. The van der Waals surface area contributed by atoms with Crippen molar-refractivity contribution in [3.8, 4) is 5.75 Å². The van der Waals surface area contributed by atoms with E-state index in [2.05, 4.69) is 5.32 Å². The van der Waals surface area contributed by atoms with E-state index in [-0.39, 0.29) is 25.0 Å². The first-order valence-corrected chi connectivity index (χ1v) is 6.74. The zero-order valence-electron chi connectivity index (χ0n) is 10.7. The maximum atomic E-state index is 11.5. The van der Waals surface area contributed by atoms with E-state index in [1.807, 2.05) is 6.92 Å². The van der Waals surface area contributed by atoms with Gasteiger partial charge in [-0.05, 0) is 24.5 Å². The molecule has 1 amide bonds. The van der Waals surface area contributed by atoms with Crippen molar-refractivity contribution in [3.63, 3.8) is 0 Å². The number of carbonyl (C=O) groups excluding carboxylic acids is 1. The van der Waals surface area contributed by atoms with Crippen LogP contribution in [-0.2, 0) is 4.79 Å². The highest BCUT2D eigenvalue weighted by atomic mass is 35.5. The number of halogens is 2. The van der Waals surface area contributed by atoms with E-state index >= 15 is 0 Å². The van der Waals surface area contributed by atoms with Gasteiger partial charge in [0.05, 0.1) is 10.0 Å². The first-order valence-electron chi connectivity index (χ1n) is 5.98. The molecule has 106 valence electrons. The third-order valence-corrected chi connectivity index (χ3v) is 3.27. The molecule has 2 N–H and O–H groups in total. The van der Waals surface area contributed by atoms with E-state index in [9.17, 15) is 4.79 Å². The molecule has 0 aliphatic heterocycles. The highest BCUT2D eigenvalue weighted by Crippen LogP contribution is 2.26. The number of aliphatic hydroxyl groups excluding tert-OH is 1. The van der Waals surface area contributed by atoms with Gasteiger partial charge in [0.2, 0.25) is 0 Å². The highest BCUT2D eigenvalue weighted by Gasteiger charge is 2.07. The SMILES string of the molecule is CC(CCO)CNC(=O)COc1ccc(Cl)c(Cl)c1. The van der Waals surface area contributed by atoms with Crippen LogP contribution in [0.15, 0.2) is 18.2 Å². The maximum Gasteiger partial charge on any atom is 0.257 e. The number of hydrogen-bond donors (Lipinski definition) is 2. The number of hydrogen-bond acceptors (Lipinski definition) is 3. The Kier molecular flexibility index (Phi) is 6.99. The van der Waals surface area contributed by atoms with Crippen LogP contribution < -0.4 is 10.1 Å². The zero-order valence-corrected chi connectivity index (χ0v) is 12.2. The van der Waals surface area contributed by atoms with Gasteiger partial charge in [0.15, 0.2) is 6.61 Å². The number of rotatable bonds is 7. The smallest absolute Gasteiger partial charge is 0.257 e. The monoisotopic (exact) mass is 305 g/mol. The normalized spacial score (nSPS) is 12.0. The van der Waals surface area contributed by atoms with E-state index in [0.717, 1.165) is 0 Å². The van der Waals surface area contributed by atoms with Crippen molar-refractivity contribution in [1.82, 2.24) is 5.32 Å². The number of benzene rings is 1. The minimum Gasteiger partial charge on any atom is -0.484 e. The minimum atomic E-state index is -0.212. The molecular formula is C13H17Cl2NO3. The van der Waals surface area contributed by atoms with Crippen molar-refractivity contribution in [3.05, 3.63) is 28.2 Å². The summed E-state index contributed by atoms with van der Waals surface area (Å²) in [7, 11) is 0. The fourth-order valence-electron chi connectivity index (χ4n) is 1.38. The van der Waals surface area contributed by atoms with E-state index < -0.39 is 0 Å². The molecule has 1 aromatic rings. The third-order valence-electron chi connectivity index (χ3n) is 2.53. The van der Waals surface area contributed by atoms with Gasteiger partial charge in [-0.25, -0.2) is 0 Å². The number of nitrogens with one attached hydrogen (secondary N) is 1. The Hall–Kier alpha value is -0.970. The van der Waals surface area contributed by atoms with Gasteiger partial charge < -0.3 is 15.2 Å². The second kappa shape index (κ2) is 8.25. The molecule has 1 atom stereocenters. The second-order valence-corrected chi connectivity index (χ2v) is 5.10. The fraction of sp³-hybridized carbons (Fsp3) is 0.462. The largest absolute Gasteiger partial charge is 0.484 e. The summed E-state index contributed by atoms with van der Waals surface area (Å²) in [5.74, 6) is 0.516. The molecule has 1 rings (SSSR count). The predicted octanol–water partition coefficient (Wildman–Crippen LogP) is 2.51. The molecule has 4 nitrogen and oxygen atoms in total. The van der Waals surface area contributed by atoms with Crippen LogP contribution >= 0.6 is 23.2 Å². The molecule has 0 saturated carbocycles. The molecule has 0 aliphatic rings. The molecular weight excluding hydrogens is 289 g/mol. The standard InChI is InChI=1S/C13H17Cl2NO3/c1-9(4-5-17)7-16-13(18)8-19-10-2-3-11(14)12(15)6-10/h2-3,6,9,17H,4-5,7-8H2,1H3,(H,16,18). The zero-order chi connectivity index (χ0) is 14.3. The van der Waals surface area contributed by atoms with E-state index in [4.69, 9.17) is 33.0 Å². The van der Waals surface area contributed by atoms with Crippen molar-refractivity contribution < 1.29 is 14.6 Å². The lowest BCUT2D eigenvalue weighted by atomic mass is 10.1. The van der Waals surface area contributed by atoms with Gasteiger partial charge in [0.1, 0.15) is 5.75 Å². The lowest BCUT2D eigenvalue weighted by Crippen LogP contribution is -2.32. The van der Waals surface area contributed by atoms with Crippen molar-refractivity contribution in [2.24, 2.45) is 5.92 Å². The summed E-state index contributed by atoms with van der Waals surface area (Å²) in [6, 6.07) is 4.82. The van der Waals surface area contributed by atoms with Crippen LogP contribution in [0.25, 0.3) is 0 Å². The minimum absolute atomic E-state index is 0.0796. The number of ether oxygens (including phenoxy) is 1. The Morgan fingerprint density at radius 2 is 2.16 bits per heavy atom. The summed E-state index contributed by atoms with van der Waals surface area (Å²) in [4.78, 5) is 11.5. The highest BCUT2D eigenvalue weighted by molar-refractivity contribution is 6.42. The van der Waals surface area contributed by atoms with Crippen LogP contribution in [0.1, 0.15) is 13.3 Å². The summed E-state index contributed by atoms with van der Waals surface area (Å²) in [6.07, 6.45) is 0.661. The lowest BCUT2D eigenvalue weighted by Gasteiger charge is -2.12. The van der Waals surface area contributed by atoms with Gasteiger partial charge in [0, 0.05) is 19.2 Å². The Balaban J connectivity index is 2.31. The maximum absolute atomic E-state index is 11.5. The molecule has 19 heavy (non-hydrogen) atoms. The molecule has 0 fully saturated rings. The molecule has 0 spiro atoms. The molecule has 0 aromatic heterocycles. The first-order chi connectivity index (χ1) is 9.02. The molecule has 6 heteroatoms. The second-order valence-electron chi connectivity index (χ2n) is 4.29. The number of carbonyl (C=O) groups is 1. The van der Waals surface area contributed by atoms with Gasteiger partial charge in [-0.15, -0.1) is 0 Å².